The number of ether oxygens (including phenoxy) is 1. The van der Waals surface area contributed by atoms with E-state index in [4.69, 9.17) is 14.0 Å². The fourth-order valence-electron chi connectivity index (χ4n) is 2.70. The predicted molar refractivity (Wildman–Crippen MR) is 87.7 cm³/mol. The summed E-state index contributed by atoms with van der Waals surface area (Å²) < 4.78 is 18.4. The van der Waals surface area contributed by atoms with Crippen molar-refractivity contribution in [3.8, 4) is 5.75 Å². The second-order valence-corrected chi connectivity index (χ2v) is 7.70. The van der Waals surface area contributed by atoms with Gasteiger partial charge < -0.3 is 14.0 Å². The van der Waals surface area contributed by atoms with Crippen LogP contribution < -0.4 is 10.2 Å². The number of hydrogen-bond acceptors (Lipinski definition) is 4. The summed E-state index contributed by atoms with van der Waals surface area (Å²) >= 11 is 0. The van der Waals surface area contributed by atoms with Gasteiger partial charge in [-0.25, -0.2) is 0 Å². The molecule has 4 nitrogen and oxygen atoms in total. The number of rotatable bonds is 4. The van der Waals surface area contributed by atoms with Gasteiger partial charge in [0.05, 0.1) is 23.5 Å². The lowest BCUT2D eigenvalue weighted by atomic mass is 9.74. The summed E-state index contributed by atoms with van der Waals surface area (Å²) in [5, 5.41) is 0. The van der Waals surface area contributed by atoms with Crippen molar-refractivity contribution in [3.05, 3.63) is 18.0 Å². The molecule has 0 unspecified atom stereocenters. The minimum absolute atomic E-state index is 0.325. The lowest BCUT2D eigenvalue weighted by molar-refractivity contribution is 0.00578. The van der Waals surface area contributed by atoms with Crippen molar-refractivity contribution in [2.24, 2.45) is 0 Å². The van der Waals surface area contributed by atoms with Crippen LogP contribution in [-0.4, -0.2) is 29.4 Å². The zero-order chi connectivity index (χ0) is 16.1. The molecule has 1 saturated carbocycles. The van der Waals surface area contributed by atoms with Gasteiger partial charge in [0.1, 0.15) is 5.75 Å². The summed E-state index contributed by atoms with van der Waals surface area (Å²) in [5.41, 5.74) is 1.45. The van der Waals surface area contributed by atoms with Crippen LogP contribution in [0, 0.1) is 0 Å². The topological polar surface area (TPSA) is 40.6 Å². The largest absolute Gasteiger partial charge is 0.496 e. The molecule has 0 bridgehead atoms. The summed E-state index contributed by atoms with van der Waals surface area (Å²) in [6, 6.07) is 0. The molecule has 0 spiro atoms. The van der Waals surface area contributed by atoms with Crippen LogP contribution in [0.4, 0.5) is 0 Å². The lowest BCUT2D eigenvalue weighted by Gasteiger charge is -2.32. The minimum Gasteiger partial charge on any atom is -0.489 e. The number of aromatic nitrogens is 1. The molecule has 5 heteroatoms. The van der Waals surface area contributed by atoms with Gasteiger partial charge in [0.15, 0.2) is 0 Å². The highest BCUT2D eigenvalue weighted by Crippen LogP contribution is 2.38. The monoisotopic (exact) mass is 303 g/mol. The molecule has 120 valence electrons. The van der Waals surface area contributed by atoms with Crippen molar-refractivity contribution < 1.29 is 14.0 Å². The van der Waals surface area contributed by atoms with E-state index in [1.54, 1.807) is 0 Å². The molecule has 0 aromatic carbocycles. The first kappa shape index (κ1) is 15.8. The quantitative estimate of drug-likeness (QED) is 0.802. The Hall–Kier alpha value is -1.07. The van der Waals surface area contributed by atoms with Gasteiger partial charge >= 0.3 is 7.12 Å². The van der Waals surface area contributed by atoms with Crippen LogP contribution in [0.25, 0.3) is 0 Å². The van der Waals surface area contributed by atoms with Crippen molar-refractivity contribution in [1.82, 2.24) is 4.98 Å². The Morgan fingerprint density at radius 3 is 2.23 bits per heavy atom. The first-order valence-electron chi connectivity index (χ1n) is 8.21. The molecule has 1 aromatic heterocycles. The van der Waals surface area contributed by atoms with E-state index >= 15 is 0 Å². The number of pyridine rings is 1. The van der Waals surface area contributed by atoms with Crippen LogP contribution in [0.1, 0.15) is 65.9 Å². The smallest absolute Gasteiger partial charge is 0.489 e. The molecular weight excluding hydrogens is 277 g/mol. The number of nitrogens with zero attached hydrogens (tertiary/aromatic N) is 1. The van der Waals surface area contributed by atoms with Crippen LogP contribution in [0.3, 0.4) is 0 Å². The van der Waals surface area contributed by atoms with E-state index in [1.165, 1.54) is 0 Å². The second kappa shape index (κ2) is 5.24. The highest BCUT2D eigenvalue weighted by molar-refractivity contribution is 6.62. The van der Waals surface area contributed by atoms with E-state index in [0.717, 1.165) is 29.6 Å². The summed E-state index contributed by atoms with van der Waals surface area (Å²) in [7, 11) is -0.391. The molecule has 1 aromatic rings. The van der Waals surface area contributed by atoms with E-state index in [1.807, 2.05) is 12.4 Å². The zero-order valence-electron chi connectivity index (χ0n) is 14.5. The third kappa shape index (κ3) is 2.76. The predicted octanol–water partition coefficient (Wildman–Crippen LogP) is 3.05. The van der Waals surface area contributed by atoms with Crippen LogP contribution in [0.2, 0.25) is 0 Å². The lowest BCUT2D eigenvalue weighted by Crippen LogP contribution is -2.41. The molecular formula is C17H26BNO3. The van der Waals surface area contributed by atoms with Gasteiger partial charge in [0.25, 0.3) is 0 Å². The molecule has 22 heavy (non-hydrogen) atoms. The van der Waals surface area contributed by atoms with Crippen molar-refractivity contribution in [2.45, 2.75) is 77.6 Å². The highest BCUT2D eigenvalue weighted by atomic mass is 16.7. The van der Waals surface area contributed by atoms with E-state index in [2.05, 4.69) is 46.5 Å². The van der Waals surface area contributed by atoms with Crippen molar-refractivity contribution >= 4 is 12.6 Å². The molecule has 0 atom stereocenters. The highest BCUT2D eigenvalue weighted by Gasteiger charge is 2.52. The average molecular weight is 303 g/mol. The summed E-state index contributed by atoms with van der Waals surface area (Å²) in [6.45, 7) is 12.6. The number of hydrogen-bond donors (Lipinski definition) is 0. The third-order valence-electron chi connectivity index (χ3n) is 4.88. The molecule has 0 radical (unpaired) electrons. The molecule has 1 aliphatic heterocycles. The van der Waals surface area contributed by atoms with E-state index in [9.17, 15) is 0 Å². The van der Waals surface area contributed by atoms with Gasteiger partial charge in [0.2, 0.25) is 0 Å². The molecule has 1 aliphatic carbocycles. The normalized spacial score (nSPS) is 23.1. The zero-order valence-corrected chi connectivity index (χ0v) is 14.5. The Balaban J connectivity index is 1.96. The maximum absolute atomic E-state index is 6.20. The summed E-state index contributed by atoms with van der Waals surface area (Å²) in [4.78, 5) is 4.36. The van der Waals surface area contributed by atoms with Gasteiger partial charge in [-0.05, 0) is 52.0 Å². The fraction of sp³-hybridized carbons (Fsp3) is 0.706. The Bertz CT molecular complexity index is 551. The fourth-order valence-corrected chi connectivity index (χ4v) is 2.70. The molecule has 0 amide bonds. The van der Waals surface area contributed by atoms with Crippen LogP contribution in [0.15, 0.2) is 12.4 Å². The Morgan fingerprint density at radius 1 is 1.14 bits per heavy atom. The van der Waals surface area contributed by atoms with Crippen molar-refractivity contribution in [2.75, 3.05) is 0 Å². The Kier molecular flexibility index (Phi) is 3.77. The maximum atomic E-state index is 6.20. The van der Waals surface area contributed by atoms with Gasteiger partial charge in [-0.1, -0.05) is 13.8 Å². The van der Waals surface area contributed by atoms with E-state index in [0.29, 0.717) is 12.0 Å². The molecule has 1 saturated heterocycles. The SMILES string of the molecule is CC(C)c1c(OC2CC2)cncc1B1OC(C)(C)C(C)(C)O1. The standard InChI is InChI=1S/C17H26BNO3/c1-11(2)15-13(9-19-10-14(15)20-12-7-8-12)18-21-16(3,4)17(5,6)22-18/h9-12H,7-8H2,1-6H3. The molecule has 2 heterocycles. The van der Waals surface area contributed by atoms with Crippen LogP contribution in [0.5, 0.6) is 5.75 Å². The van der Waals surface area contributed by atoms with E-state index < -0.39 is 7.12 Å². The first-order chi connectivity index (χ1) is 10.2. The molecule has 0 N–H and O–H groups in total. The molecule has 3 rings (SSSR count). The van der Waals surface area contributed by atoms with Gasteiger partial charge in [-0.2, -0.15) is 0 Å². The Morgan fingerprint density at radius 2 is 1.73 bits per heavy atom. The van der Waals surface area contributed by atoms with Crippen LogP contribution >= 0.6 is 0 Å². The molecule has 2 aliphatic rings. The van der Waals surface area contributed by atoms with Crippen LogP contribution in [-0.2, 0) is 9.31 Å². The Labute approximate surface area is 133 Å². The van der Waals surface area contributed by atoms with Crippen molar-refractivity contribution in [1.29, 1.82) is 0 Å². The summed E-state index contributed by atoms with van der Waals surface area (Å²) in [5.74, 6) is 1.20. The van der Waals surface area contributed by atoms with Gasteiger partial charge in [-0.3, -0.25) is 4.98 Å². The average Bonchev–Trinajstić information content (AvgIpc) is 3.16. The first-order valence-corrected chi connectivity index (χ1v) is 8.21. The summed E-state index contributed by atoms with van der Waals surface area (Å²) in [6.07, 6.45) is 6.31. The molecule has 2 fully saturated rings. The third-order valence-corrected chi connectivity index (χ3v) is 4.88. The van der Waals surface area contributed by atoms with Gasteiger partial charge in [0, 0.05) is 11.7 Å². The maximum Gasteiger partial charge on any atom is 0.496 e. The minimum atomic E-state index is -0.391. The van der Waals surface area contributed by atoms with E-state index in [-0.39, 0.29) is 11.2 Å². The van der Waals surface area contributed by atoms with Gasteiger partial charge in [-0.15, -0.1) is 0 Å². The van der Waals surface area contributed by atoms with Crippen molar-refractivity contribution in [3.63, 3.8) is 0 Å². The second-order valence-electron chi connectivity index (χ2n) is 7.70.